The van der Waals surface area contributed by atoms with Crippen molar-refractivity contribution in [2.24, 2.45) is 5.92 Å². The van der Waals surface area contributed by atoms with Crippen LogP contribution >= 0.6 is 0 Å². The van der Waals surface area contributed by atoms with Crippen LogP contribution in [-0.2, 0) is 6.61 Å². The second-order valence-electron chi connectivity index (χ2n) is 5.84. The topological polar surface area (TPSA) is 45.9 Å². The molecular weight excluding hydrogens is 272 g/mol. The van der Waals surface area contributed by atoms with Crippen LogP contribution in [0, 0.1) is 17.2 Å². The minimum atomic E-state index is -0.0781. The van der Waals surface area contributed by atoms with Gasteiger partial charge in [-0.25, -0.2) is 0 Å². The molecule has 0 saturated heterocycles. The number of ether oxygens (including phenoxy) is 1. The summed E-state index contributed by atoms with van der Waals surface area (Å²) >= 11 is 0. The Balaban J connectivity index is 1.63. The summed E-state index contributed by atoms with van der Waals surface area (Å²) in [4.78, 5) is 4.46. The van der Waals surface area contributed by atoms with Crippen molar-refractivity contribution in [2.45, 2.75) is 38.2 Å². The van der Waals surface area contributed by atoms with Gasteiger partial charge in [0.15, 0.2) is 0 Å². The van der Waals surface area contributed by atoms with Gasteiger partial charge in [-0.1, -0.05) is 43.2 Å². The molecule has 1 aromatic heterocycles. The van der Waals surface area contributed by atoms with Crippen LogP contribution in [0.15, 0.2) is 48.7 Å². The van der Waals surface area contributed by atoms with Crippen LogP contribution in [0.25, 0.3) is 0 Å². The zero-order chi connectivity index (χ0) is 15.2. The van der Waals surface area contributed by atoms with Gasteiger partial charge in [-0.05, 0) is 36.5 Å². The molecule has 1 aromatic carbocycles. The molecule has 0 amide bonds. The first kappa shape index (κ1) is 14.6. The second-order valence-corrected chi connectivity index (χ2v) is 5.84. The third kappa shape index (κ3) is 3.46. The first-order valence-electron chi connectivity index (χ1n) is 7.89. The highest BCUT2D eigenvalue weighted by Crippen LogP contribution is 2.36. The summed E-state index contributed by atoms with van der Waals surface area (Å²) in [5, 5.41) is 9.44. The predicted molar refractivity (Wildman–Crippen MR) is 85.3 cm³/mol. The maximum absolute atomic E-state index is 9.44. The Morgan fingerprint density at radius 2 is 1.91 bits per heavy atom. The fourth-order valence-corrected chi connectivity index (χ4v) is 3.11. The standard InChI is InChI=1S/C19H20N2O/c20-12-18(16-8-4-5-9-16)19-11-10-17(13-21-19)22-14-15-6-2-1-3-7-15/h1-3,6-7,10-11,13,16,18H,4-5,8-9,14H2. The molecule has 1 saturated carbocycles. The Labute approximate surface area is 131 Å². The van der Waals surface area contributed by atoms with E-state index >= 15 is 0 Å². The SMILES string of the molecule is N#CC(c1ccc(OCc2ccccc2)cn1)C1CCCC1. The molecule has 3 heteroatoms. The first-order chi connectivity index (χ1) is 10.9. The van der Waals surface area contributed by atoms with E-state index in [0.717, 1.165) is 29.8 Å². The van der Waals surface area contributed by atoms with Crippen LogP contribution in [0.4, 0.5) is 0 Å². The van der Waals surface area contributed by atoms with E-state index in [2.05, 4.69) is 11.1 Å². The summed E-state index contributed by atoms with van der Waals surface area (Å²) in [6.07, 6.45) is 6.50. The van der Waals surface area contributed by atoms with Crippen molar-refractivity contribution >= 4 is 0 Å². The van der Waals surface area contributed by atoms with E-state index in [1.54, 1.807) is 6.20 Å². The molecule has 1 heterocycles. The van der Waals surface area contributed by atoms with Gasteiger partial charge in [0, 0.05) is 0 Å². The van der Waals surface area contributed by atoms with Gasteiger partial charge in [0.1, 0.15) is 12.4 Å². The van der Waals surface area contributed by atoms with Crippen molar-refractivity contribution in [2.75, 3.05) is 0 Å². The maximum Gasteiger partial charge on any atom is 0.138 e. The number of benzene rings is 1. The molecule has 1 fully saturated rings. The molecule has 1 atom stereocenters. The van der Waals surface area contributed by atoms with Crippen LogP contribution < -0.4 is 4.74 Å². The molecule has 112 valence electrons. The van der Waals surface area contributed by atoms with Gasteiger partial charge in [0.25, 0.3) is 0 Å². The first-order valence-corrected chi connectivity index (χ1v) is 7.89. The maximum atomic E-state index is 9.44. The number of nitriles is 1. The number of pyridine rings is 1. The summed E-state index contributed by atoms with van der Waals surface area (Å²) in [5.74, 6) is 1.13. The minimum absolute atomic E-state index is 0.0781. The lowest BCUT2D eigenvalue weighted by Crippen LogP contribution is -2.09. The lowest BCUT2D eigenvalue weighted by molar-refractivity contribution is 0.304. The van der Waals surface area contributed by atoms with Crippen LogP contribution in [0.1, 0.15) is 42.9 Å². The summed E-state index contributed by atoms with van der Waals surface area (Å²) in [6.45, 7) is 0.534. The zero-order valence-corrected chi connectivity index (χ0v) is 12.6. The minimum Gasteiger partial charge on any atom is -0.487 e. The number of hydrogen-bond acceptors (Lipinski definition) is 3. The Morgan fingerprint density at radius 3 is 2.55 bits per heavy atom. The van der Waals surface area contributed by atoms with E-state index in [1.165, 1.54) is 12.8 Å². The quantitative estimate of drug-likeness (QED) is 0.817. The third-order valence-corrected chi connectivity index (χ3v) is 4.34. The fourth-order valence-electron chi connectivity index (χ4n) is 3.11. The Hall–Kier alpha value is -2.34. The number of nitrogens with zero attached hydrogens (tertiary/aromatic N) is 2. The van der Waals surface area contributed by atoms with Gasteiger partial charge in [0.2, 0.25) is 0 Å². The molecule has 3 rings (SSSR count). The van der Waals surface area contributed by atoms with Crippen molar-refractivity contribution in [3.63, 3.8) is 0 Å². The van der Waals surface area contributed by atoms with Crippen LogP contribution in [0.5, 0.6) is 5.75 Å². The molecule has 0 aliphatic heterocycles. The van der Waals surface area contributed by atoms with Crippen LogP contribution in [0.2, 0.25) is 0 Å². The van der Waals surface area contributed by atoms with E-state index in [-0.39, 0.29) is 5.92 Å². The highest BCUT2D eigenvalue weighted by Gasteiger charge is 2.27. The lowest BCUT2D eigenvalue weighted by atomic mass is 9.89. The van der Waals surface area contributed by atoms with Crippen molar-refractivity contribution in [1.29, 1.82) is 5.26 Å². The molecule has 22 heavy (non-hydrogen) atoms. The monoisotopic (exact) mass is 292 g/mol. The largest absolute Gasteiger partial charge is 0.487 e. The number of hydrogen-bond donors (Lipinski definition) is 0. The Morgan fingerprint density at radius 1 is 1.14 bits per heavy atom. The van der Waals surface area contributed by atoms with Crippen LogP contribution in [-0.4, -0.2) is 4.98 Å². The normalized spacial score (nSPS) is 16.1. The van der Waals surface area contributed by atoms with E-state index in [1.807, 2.05) is 42.5 Å². The predicted octanol–water partition coefficient (Wildman–Crippen LogP) is 4.46. The van der Waals surface area contributed by atoms with Crippen LogP contribution in [0.3, 0.4) is 0 Å². The molecule has 0 spiro atoms. The smallest absolute Gasteiger partial charge is 0.138 e. The third-order valence-electron chi connectivity index (χ3n) is 4.34. The molecule has 2 aromatic rings. The molecule has 0 bridgehead atoms. The molecule has 0 radical (unpaired) electrons. The Kier molecular flexibility index (Phi) is 4.70. The fraction of sp³-hybridized carbons (Fsp3) is 0.368. The second kappa shape index (κ2) is 7.09. The van der Waals surface area contributed by atoms with Gasteiger partial charge in [-0.3, -0.25) is 4.98 Å². The highest BCUT2D eigenvalue weighted by atomic mass is 16.5. The number of aromatic nitrogens is 1. The van der Waals surface area contributed by atoms with Crippen molar-refractivity contribution in [3.8, 4) is 11.8 Å². The van der Waals surface area contributed by atoms with Gasteiger partial charge in [-0.15, -0.1) is 0 Å². The van der Waals surface area contributed by atoms with Gasteiger partial charge < -0.3 is 4.74 Å². The van der Waals surface area contributed by atoms with Crippen molar-refractivity contribution in [3.05, 3.63) is 59.9 Å². The Bertz CT molecular complexity index is 625. The lowest BCUT2D eigenvalue weighted by Gasteiger charge is -2.16. The van der Waals surface area contributed by atoms with Gasteiger partial charge >= 0.3 is 0 Å². The van der Waals surface area contributed by atoms with Crippen molar-refractivity contribution in [1.82, 2.24) is 4.98 Å². The van der Waals surface area contributed by atoms with E-state index in [9.17, 15) is 5.26 Å². The molecule has 3 nitrogen and oxygen atoms in total. The molecule has 0 N–H and O–H groups in total. The average molecular weight is 292 g/mol. The van der Waals surface area contributed by atoms with E-state index < -0.39 is 0 Å². The zero-order valence-electron chi connectivity index (χ0n) is 12.6. The average Bonchev–Trinajstić information content (AvgIpc) is 3.10. The summed E-state index contributed by atoms with van der Waals surface area (Å²) in [6, 6.07) is 16.4. The summed E-state index contributed by atoms with van der Waals surface area (Å²) < 4.78 is 5.74. The highest BCUT2D eigenvalue weighted by molar-refractivity contribution is 5.26. The van der Waals surface area contributed by atoms with Gasteiger partial charge in [0.05, 0.1) is 23.9 Å². The summed E-state index contributed by atoms with van der Waals surface area (Å²) in [7, 11) is 0. The summed E-state index contributed by atoms with van der Waals surface area (Å²) in [5.41, 5.74) is 2.01. The van der Waals surface area contributed by atoms with E-state index in [4.69, 9.17) is 4.74 Å². The number of rotatable bonds is 5. The molecule has 1 unspecified atom stereocenters. The van der Waals surface area contributed by atoms with Gasteiger partial charge in [-0.2, -0.15) is 5.26 Å². The van der Waals surface area contributed by atoms with E-state index in [0.29, 0.717) is 12.5 Å². The molecular formula is C19H20N2O. The molecule has 1 aliphatic carbocycles. The van der Waals surface area contributed by atoms with Crippen molar-refractivity contribution < 1.29 is 4.74 Å². The molecule has 1 aliphatic rings.